The minimum absolute atomic E-state index is 0.137. The number of rotatable bonds is 6. The number of methoxy groups -OCH3 is 2. The number of ether oxygens (including phenoxy) is 4. The molecule has 1 fully saturated rings. The molecule has 5 atom stereocenters. The molecule has 3 aromatic rings. The summed E-state index contributed by atoms with van der Waals surface area (Å²) in [7, 11) is 2.74. The van der Waals surface area contributed by atoms with E-state index in [9.17, 15) is 35.1 Å². The molecule has 186 valence electrons. The van der Waals surface area contributed by atoms with Crippen molar-refractivity contribution in [3.63, 3.8) is 0 Å². The fourth-order valence-corrected chi connectivity index (χ4v) is 3.72. The second-order valence-corrected chi connectivity index (χ2v) is 7.69. The SMILES string of the molecule is COc1ccc(-c2cc(=O)c3c(O)cc(O[C@@H]4O[C@H](C(=O)O)[C@@H](O)[C@H](O)[C@H]4O)c(OC)c3o2)cc1. The van der Waals surface area contributed by atoms with Gasteiger partial charge in [0.25, 0.3) is 0 Å². The number of fused-ring (bicyclic) bond motifs is 1. The third-order valence-electron chi connectivity index (χ3n) is 5.54. The van der Waals surface area contributed by atoms with Crippen molar-refractivity contribution in [2.24, 2.45) is 0 Å². The molecule has 1 aromatic heterocycles. The van der Waals surface area contributed by atoms with Crippen LogP contribution in [0, 0.1) is 0 Å². The van der Waals surface area contributed by atoms with Gasteiger partial charge in [-0.3, -0.25) is 4.79 Å². The molecule has 2 aromatic carbocycles. The Bertz CT molecular complexity index is 1300. The highest BCUT2D eigenvalue weighted by molar-refractivity contribution is 5.91. The van der Waals surface area contributed by atoms with Crippen LogP contribution in [0.5, 0.6) is 23.0 Å². The minimum atomic E-state index is -1.92. The van der Waals surface area contributed by atoms with Crippen LogP contribution in [0.2, 0.25) is 0 Å². The van der Waals surface area contributed by atoms with Crippen LogP contribution in [0.3, 0.4) is 0 Å². The Labute approximate surface area is 197 Å². The number of benzene rings is 2. The molecule has 4 rings (SSSR count). The summed E-state index contributed by atoms with van der Waals surface area (Å²) in [6.07, 6.45) is -9.37. The van der Waals surface area contributed by atoms with Crippen LogP contribution in [-0.4, -0.2) is 76.4 Å². The van der Waals surface area contributed by atoms with E-state index in [2.05, 4.69) is 0 Å². The molecule has 12 heteroatoms. The minimum Gasteiger partial charge on any atom is -0.507 e. The first-order valence-corrected chi connectivity index (χ1v) is 10.3. The largest absolute Gasteiger partial charge is 0.507 e. The lowest BCUT2D eigenvalue weighted by molar-refractivity contribution is -0.271. The number of aromatic hydroxyl groups is 1. The molecular weight excluding hydrogens is 468 g/mol. The van der Waals surface area contributed by atoms with Crippen molar-refractivity contribution in [2.45, 2.75) is 30.7 Å². The Morgan fingerprint density at radius 1 is 0.971 bits per heavy atom. The van der Waals surface area contributed by atoms with E-state index in [1.807, 2.05) is 0 Å². The number of carboxylic acids is 1. The summed E-state index contributed by atoms with van der Waals surface area (Å²) in [6, 6.07) is 8.81. The van der Waals surface area contributed by atoms with Gasteiger partial charge in [-0.1, -0.05) is 0 Å². The summed E-state index contributed by atoms with van der Waals surface area (Å²) >= 11 is 0. The number of phenolic OH excluding ortho intramolecular Hbond substituents is 1. The maximum Gasteiger partial charge on any atom is 0.335 e. The average molecular weight is 490 g/mol. The topological polar surface area (TPSA) is 185 Å². The van der Waals surface area contributed by atoms with Crippen molar-refractivity contribution in [1.29, 1.82) is 0 Å². The maximum atomic E-state index is 12.8. The van der Waals surface area contributed by atoms with Crippen LogP contribution in [-0.2, 0) is 9.53 Å². The van der Waals surface area contributed by atoms with Crippen LogP contribution >= 0.6 is 0 Å². The Morgan fingerprint density at radius 2 is 1.66 bits per heavy atom. The molecule has 0 aliphatic carbocycles. The highest BCUT2D eigenvalue weighted by atomic mass is 16.7. The summed E-state index contributed by atoms with van der Waals surface area (Å²) in [5.74, 6) is -1.89. The number of hydrogen-bond donors (Lipinski definition) is 5. The molecular formula is C23H22O12. The predicted molar refractivity (Wildman–Crippen MR) is 118 cm³/mol. The smallest absolute Gasteiger partial charge is 0.335 e. The lowest BCUT2D eigenvalue weighted by atomic mass is 9.99. The second-order valence-electron chi connectivity index (χ2n) is 7.69. The Kier molecular flexibility index (Phi) is 6.54. The van der Waals surface area contributed by atoms with E-state index in [1.165, 1.54) is 20.3 Å². The number of hydrogen-bond acceptors (Lipinski definition) is 11. The van der Waals surface area contributed by atoms with Gasteiger partial charge in [0.1, 0.15) is 41.0 Å². The molecule has 5 N–H and O–H groups in total. The van der Waals surface area contributed by atoms with Gasteiger partial charge >= 0.3 is 5.97 Å². The van der Waals surface area contributed by atoms with E-state index in [-0.39, 0.29) is 28.2 Å². The van der Waals surface area contributed by atoms with Crippen molar-refractivity contribution >= 4 is 16.9 Å². The molecule has 0 spiro atoms. The van der Waals surface area contributed by atoms with Gasteiger partial charge in [-0.2, -0.15) is 0 Å². The lowest BCUT2D eigenvalue weighted by Gasteiger charge is -2.38. The first kappa shape index (κ1) is 24.3. The summed E-state index contributed by atoms with van der Waals surface area (Å²) < 4.78 is 27.0. The zero-order valence-electron chi connectivity index (χ0n) is 18.4. The molecule has 0 bridgehead atoms. The van der Waals surface area contributed by atoms with Gasteiger partial charge < -0.3 is 48.9 Å². The molecule has 0 radical (unpaired) electrons. The van der Waals surface area contributed by atoms with E-state index in [4.69, 9.17) is 23.4 Å². The van der Waals surface area contributed by atoms with Crippen LogP contribution in [0.15, 0.2) is 45.6 Å². The summed E-state index contributed by atoms with van der Waals surface area (Å²) in [6.45, 7) is 0. The Morgan fingerprint density at radius 3 is 2.26 bits per heavy atom. The van der Waals surface area contributed by atoms with E-state index in [0.717, 1.165) is 6.07 Å². The molecule has 0 amide bonds. The van der Waals surface area contributed by atoms with Crippen molar-refractivity contribution in [3.8, 4) is 34.3 Å². The third-order valence-corrected chi connectivity index (χ3v) is 5.54. The summed E-state index contributed by atoms with van der Waals surface area (Å²) in [5, 5.41) is 49.7. The van der Waals surface area contributed by atoms with Crippen molar-refractivity contribution in [2.75, 3.05) is 14.2 Å². The van der Waals surface area contributed by atoms with Crippen LogP contribution in [0.25, 0.3) is 22.3 Å². The van der Waals surface area contributed by atoms with E-state index < -0.39 is 47.9 Å². The zero-order valence-corrected chi connectivity index (χ0v) is 18.4. The standard InChI is InChI=1S/C23H22O12/c1-31-10-5-3-9(4-6-10)13-7-11(24)15-12(25)8-14(19(32-2)20(15)33-13)34-23-18(28)16(26)17(27)21(35-23)22(29)30/h3-8,16-18,21,23,25-28H,1-2H3,(H,29,30)/t16-,17-,18+,21-,23+/m0/s1. The number of aliphatic carboxylic acids is 1. The number of aliphatic hydroxyl groups excluding tert-OH is 3. The van der Waals surface area contributed by atoms with Gasteiger partial charge in [-0.25, -0.2) is 4.79 Å². The van der Waals surface area contributed by atoms with Crippen LogP contribution in [0.1, 0.15) is 0 Å². The molecule has 2 heterocycles. The van der Waals surface area contributed by atoms with Crippen LogP contribution < -0.4 is 19.6 Å². The number of carboxylic acid groups (broad SMARTS) is 1. The summed E-state index contributed by atoms with van der Waals surface area (Å²) in [5.41, 5.74) is -0.260. The molecule has 0 unspecified atom stereocenters. The Balaban J connectivity index is 1.80. The molecule has 1 aliphatic rings. The summed E-state index contributed by atoms with van der Waals surface area (Å²) in [4.78, 5) is 24.2. The average Bonchev–Trinajstić information content (AvgIpc) is 2.83. The van der Waals surface area contributed by atoms with Gasteiger partial charge in [0.15, 0.2) is 22.9 Å². The second kappa shape index (κ2) is 9.43. The van der Waals surface area contributed by atoms with Gasteiger partial charge in [0, 0.05) is 17.7 Å². The van der Waals surface area contributed by atoms with Gasteiger partial charge in [-0.05, 0) is 24.3 Å². The van der Waals surface area contributed by atoms with Gasteiger partial charge in [0.05, 0.1) is 14.2 Å². The molecule has 0 saturated carbocycles. The molecule has 35 heavy (non-hydrogen) atoms. The van der Waals surface area contributed by atoms with Crippen molar-refractivity contribution in [1.82, 2.24) is 0 Å². The maximum absolute atomic E-state index is 12.8. The number of carbonyl (C=O) groups is 1. The molecule has 1 aliphatic heterocycles. The third kappa shape index (κ3) is 4.35. The van der Waals surface area contributed by atoms with Crippen LogP contribution in [0.4, 0.5) is 0 Å². The van der Waals surface area contributed by atoms with E-state index in [1.54, 1.807) is 24.3 Å². The van der Waals surface area contributed by atoms with Crippen molar-refractivity contribution < 1.29 is 53.7 Å². The molecule has 1 saturated heterocycles. The Hall–Kier alpha value is -3.84. The monoisotopic (exact) mass is 490 g/mol. The number of phenols is 1. The van der Waals surface area contributed by atoms with Gasteiger partial charge in [-0.15, -0.1) is 0 Å². The normalized spacial score (nSPS) is 24.2. The highest BCUT2D eigenvalue weighted by Crippen LogP contribution is 2.42. The first-order chi connectivity index (χ1) is 16.7. The van der Waals surface area contributed by atoms with Gasteiger partial charge in [0.2, 0.25) is 12.0 Å². The predicted octanol–water partition coefficient (Wildman–Crippen LogP) is 0.454. The van der Waals surface area contributed by atoms with E-state index in [0.29, 0.717) is 11.3 Å². The quantitative estimate of drug-likeness (QED) is 0.322. The fourth-order valence-electron chi connectivity index (χ4n) is 3.72. The first-order valence-electron chi connectivity index (χ1n) is 10.3. The lowest BCUT2D eigenvalue weighted by Crippen LogP contribution is -2.61. The fraction of sp³-hybridized carbons (Fsp3) is 0.304. The van der Waals surface area contributed by atoms with E-state index >= 15 is 0 Å². The zero-order chi connectivity index (χ0) is 25.4. The molecule has 12 nitrogen and oxygen atoms in total. The number of aliphatic hydroxyl groups is 3. The highest BCUT2D eigenvalue weighted by Gasteiger charge is 2.48. The van der Waals surface area contributed by atoms with Crippen molar-refractivity contribution in [3.05, 3.63) is 46.6 Å².